The summed E-state index contributed by atoms with van der Waals surface area (Å²) in [7, 11) is 0. The van der Waals surface area contributed by atoms with E-state index < -0.39 is 0 Å². The van der Waals surface area contributed by atoms with E-state index in [9.17, 15) is 9.59 Å². The maximum Gasteiger partial charge on any atom is 0.258 e. The first-order valence-electron chi connectivity index (χ1n) is 11.3. The number of para-hydroxylation sites is 2. The summed E-state index contributed by atoms with van der Waals surface area (Å²) in [5.74, 6) is 1.15. The topological polar surface area (TPSA) is 88.5 Å². The van der Waals surface area contributed by atoms with E-state index in [0.717, 1.165) is 28.8 Å². The summed E-state index contributed by atoms with van der Waals surface area (Å²) in [6, 6.07) is 25.4. The van der Waals surface area contributed by atoms with Crippen LogP contribution < -0.4 is 15.6 Å². The number of amides is 1. The Bertz CT molecular complexity index is 1570. The number of nitrogens with zero attached hydrogens (tertiary/aromatic N) is 2. The van der Waals surface area contributed by atoms with E-state index in [2.05, 4.69) is 27.4 Å². The predicted molar refractivity (Wildman–Crippen MR) is 130 cm³/mol. The lowest BCUT2D eigenvalue weighted by atomic mass is 9.87. The van der Waals surface area contributed by atoms with Gasteiger partial charge in [0, 0.05) is 18.8 Å². The van der Waals surface area contributed by atoms with E-state index in [0.29, 0.717) is 23.8 Å². The van der Waals surface area contributed by atoms with E-state index in [4.69, 9.17) is 4.74 Å². The molecule has 5 aromatic rings. The minimum atomic E-state index is -0.364. The van der Waals surface area contributed by atoms with Gasteiger partial charge >= 0.3 is 0 Å². The molecule has 168 valence electrons. The molecule has 0 fully saturated rings. The van der Waals surface area contributed by atoms with E-state index in [-0.39, 0.29) is 23.8 Å². The number of carbonyl (C=O) groups is 1. The van der Waals surface area contributed by atoms with Gasteiger partial charge in [-0.3, -0.25) is 19.0 Å². The van der Waals surface area contributed by atoms with Crippen LogP contribution in [0.25, 0.3) is 16.8 Å². The van der Waals surface area contributed by atoms with Crippen molar-refractivity contribution < 1.29 is 9.53 Å². The number of anilines is 1. The third kappa shape index (κ3) is 3.51. The molecule has 34 heavy (non-hydrogen) atoms. The third-order valence-corrected chi connectivity index (χ3v) is 6.29. The van der Waals surface area contributed by atoms with Gasteiger partial charge in [0.15, 0.2) is 0 Å². The van der Waals surface area contributed by atoms with Gasteiger partial charge in [0.1, 0.15) is 11.6 Å². The highest BCUT2D eigenvalue weighted by Gasteiger charge is 2.32. The van der Waals surface area contributed by atoms with Crippen LogP contribution in [0.1, 0.15) is 29.0 Å². The molecule has 0 bridgehead atoms. The summed E-state index contributed by atoms with van der Waals surface area (Å²) in [5, 5.41) is 2.92. The molecule has 0 spiro atoms. The summed E-state index contributed by atoms with van der Waals surface area (Å²) in [6.45, 7) is 0.573. The Morgan fingerprint density at radius 3 is 2.53 bits per heavy atom. The zero-order valence-corrected chi connectivity index (χ0v) is 18.3. The molecule has 0 unspecified atom stereocenters. The van der Waals surface area contributed by atoms with Crippen LogP contribution in [0.5, 0.6) is 5.75 Å². The van der Waals surface area contributed by atoms with Crippen LogP contribution >= 0.6 is 0 Å². The number of carbonyl (C=O) groups excluding carboxylic acids is 1. The van der Waals surface area contributed by atoms with Crippen LogP contribution in [-0.2, 0) is 11.2 Å². The summed E-state index contributed by atoms with van der Waals surface area (Å²) in [6.07, 6.45) is 1.02. The molecule has 6 rings (SSSR count). The number of hydrogen-bond donors (Lipinski definition) is 2. The molecule has 0 radical (unpaired) electrons. The maximum atomic E-state index is 13.1. The van der Waals surface area contributed by atoms with Crippen LogP contribution in [-0.4, -0.2) is 26.9 Å². The smallest absolute Gasteiger partial charge is 0.258 e. The summed E-state index contributed by atoms with van der Waals surface area (Å²) in [5.41, 5.74) is 3.98. The zero-order valence-electron chi connectivity index (χ0n) is 18.3. The normalized spacial score (nSPS) is 15.3. The highest BCUT2D eigenvalue weighted by molar-refractivity contribution is 5.96. The molecule has 3 aromatic carbocycles. The Kier molecular flexibility index (Phi) is 4.87. The molecule has 0 aliphatic carbocycles. The predicted octanol–water partition coefficient (Wildman–Crippen LogP) is 4.27. The van der Waals surface area contributed by atoms with E-state index >= 15 is 0 Å². The van der Waals surface area contributed by atoms with Crippen molar-refractivity contribution in [2.75, 3.05) is 11.9 Å². The third-order valence-electron chi connectivity index (χ3n) is 6.29. The van der Waals surface area contributed by atoms with Crippen molar-refractivity contribution in [3.8, 4) is 5.75 Å². The molecular weight excluding hydrogens is 428 g/mol. The lowest BCUT2D eigenvalue weighted by Gasteiger charge is -2.26. The fraction of sp³-hybridized carbons (Fsp3) is 0.148. The highest BCUT2D eigenvalue weighted by atomic mass is 16.5. The molecule has 0 saturated carbocycles. The number of nitrogens with one attached hydrogen (secondary N) is 2. The van der Waals surface area contributed by atoms with Gasteiger partial charge in [0.05, 0.1) is 23.2 Å². The van der Waals surface area contributed by atoms with E-state index in [1.165, 1.54) is 5.56 Å². The molecule has 7 heteroatoms. The molecule has 7 nitrogen and oxygen atoms in total. The van der Waals surface area contributed by atoms with Crippen molar-refractivity contribution in [1.82, 2.24) is 14.4 Å². The van der Waals surface area contributed by atoms with Gasteiger partial charge in [0.25, 0.3) is 5.56 Å². The number of benzene rings is 3. The van der Waals surface area contributed by atoms with Crippen molar-refractivity contribution in [2.24, 2.45) is 0 Å². The lowest BCUT2D eigenvalue weighted by molar-refractivity contribution is -0.116. The molecule has 2 N–H and O–H groups in total. The van der Waals surface area contributed by atoms with Crippen molar-refractivity contribution in [3.63, 3.8) is 0 Å². The van der Waals surface area contributed by atoms with Gasteiger partial charge < -0.3 is 10.1 Å². The Balaban J connectivity index is 1.33. The number of hydrogen-bond acceptors (Lipinski definition) is 4. The minimum Gasteiger partial charge on any atom is -0.493 e. The number of aromatic nitrogens is 3. The molecular formula is C27H22N4O3. The molecule has 1 atom stereocenters. The largest absolute Gasteiger partial charge is 0.493 e. The number of ether oxygens (including phenoxy) is 1. The van der Waals surface area contributed by atoms with Crippen LogP contribution in [0.3, 0.4) is 0 Å². The monoisotopic (exact) mass is 450 g/mol. The van der Waals surface area contributed by atoms with Crippen LogP contribution in [0.4, 0.5) is 5.82 Å². The molecule has 0 saturated heterocycles. The molecule has 1 aliphatic rings. The zero-order chi connectivity index (χ0) is 23.1. The van der Waals surface area contributed by atoms with Gasteiger partial charge in [-0.1, -0.05) is 54.6 Å². The summed E-state index contributed by atoms with van der Waals surface area (Å²) in [4.78, 5) is 33.2. The fourth-order valence-electron chi connectivity index (χ4n) is 4.66. The van der Waals surface area contributed by atoms with Crippen molar-refractivity contribution >= 4 is 28.5 Å². The number of rotatable bonds is 5. The number of fused-ring (bicyclic) bond motifs is 5. The summed E-state index contributed by atoms with van der Waals surface area (Å²) >= 11 is 0. The first-order chi connectivity index (χ1) is 16.7. The Morgan fingerprint density at radius 2 is 1.71 bits per heavy atom. The molecule has 1 amide bonds. The van der Waals surface area contributed by atoms with Crippen molar-refractivity contribution in [3.05, 3.63) is 106 Å². The van der Waals surface area contributed by atoms with Gasteiger partial charge in [-0.15, -0.1) is 0 Å². The number of imidazole rings is 1. The Morgan fingerprint density at radius 1 is 0.941 bits per heavy atom. The second-order valence-electron chi connectivity index (χ2n) is 8.43. The lowest BCUT2D eigenvalue weighted by Crippen LogP contribution is -2.32. The van der Waals surface area contributed by atoms with Gasteiger partial charge in [-0.25, -0.2) is 4.98 Å². The van der Waals surface area contributed by atoms with Crippen molar-refractivity contribution in [1.29, 1.82) is 0 Å². The van der Waals surface area contributed by atoms with E-state index in [1.807, 2.05) is 71.1 Å². The Labute approximate surface area is 195 Å². The Hall–Kier alpha value is -4.39. The first-order valence-corrected chi connectivity index (χ1v) is 11.3. The van der Waals surface area contributed by atoms with Crippen LogP contribution in [0.15, 0.2) is 83.7 Å². The SMILES string of the molecule is O=C1C[C@H](c2ccc(OCCc3ccccc3)cc2)c2c(n3c(nc4ccccc43)[nH]c2=O)N1. The van der Waals surface area contributed by atoms with Crippen molar-refractivity contribution in [2.45, 2.75) is 18.8 Å². The minimum absolute atomic E-state index is 0.134. The molecule has 2 aromatic heterocycles. The fourth-order valence-corrected chi connectivity index (χ4v) is 4.66. The van der Waals surface area contributed by atoms with E-state index in [1.54, 1.807) is 0 Å². The average molecular weight is 450 g/mol. The number of H-pyrrole nitrogens is 1. The highest BCUT2D eigenvalue weighted by Crippen LogP contribution is 2.36. The first kappa shape index (κ1) is 20.2. The standard InChI is InChI=1S/C27H22N4O3/c32-23-16-20(18-10-12-19(13-11-18)34-15-14-17-6-2-1-3-7-17)24-25(29-23)31-22-9-5-4-8-21(22)28-27(31)30-26(24)33/h1-13,20H,14-16H2,(H,29,32)(H,28,30,33)/t20-/m1/s1. The molecule has 3 heterocycles. The van der Waals surface area contributed by atoms with Crippen LogP contribution in [0.2, 0.25) is 0 Å². The van der Waals surface area contributed by atoms with Gasteiger partial charge in [-0.05, 0) is 35.4 Å². The second kappa shape index (κ2) is 8.19. The quantitative estimate of drug-likeness (QED) is 0.419. The van der Waals surface area contributed by atoms with Gasteiger partial charge in [-0.2, -0.15) is 0 Å². The molecule has 1 aliphatic heterocycles. The average Bonchev–Trinajstić information content (AvgIpc) is 3.23. The van der Waals surface area contributed by atoms with Gasteiger partial charge in [0.2, 0.25) is 11.7 Å². The summed E-state index contributed by atoms with van der Waals surface area (Å²) < 4.78 is 7.72. The number of aromatic amines is 1. The second-order valence-corrected chi connectivity index (χ2v) is 8.43. The van der Waals surface area contributed by atoms with Crippen LogP contribution in [0, 0.1) is 0 Å². The maximum absolute atomic E-state index is 13.1.